The summed E-state index contributed by atoms with van der Waals surface area (Å²) >= 11 is 3.55. The first kappa shape index (κ1) is 12.3. The molecule has 4 heteroatoms. The van der Waals surface area contributed by atoms with Crippen LogP contribution in [0.3, 0.4) is 0 Å². The number of nitrogens with one attached hydrogen (secondary N) is 1. The molecule has 17 heavy (non-hydrogen) atoms. The molecule has 1 aromatic heterocycles. The van der Waals surface area contributed by atoms with E-state index < -0.39 is 0 Å². The highest BCUT2D eigenvalue weighted by Gasteiger charge is 2.07. The lowest BCUT2D eigenvalue weighted by Gasteiger charge is -2.15. The molecule has 0 aliphatic heterocycles. The molecule has 1 aromatic carbocycles. The SMILES string of the molecule is CC(CCN)Nc1nccc2c(Br)cccc12. The van der Waals surface area contributed by atoms with E-state index >= 15 is 0 Å². The number of rotatable bonds is 4. The number of anilines is 1. The summed E-state index contributed by atoms with van der Waals surface area (Å²) < 4.78 is 1.09. The number of halogens is 1. The quantitative estimate of drug-likeness (QED) is 0.910. The molecule has 0 aliphatic carbocycles. The summed E-state index contributed by atoms with van der Waals surface area (Å²) in [4.78, 5) is 4.40. The third kappa shape index (κ3) is 2.76. The molecule has 2 aromatic rings. The minimum atomic E-state index is 0.331. The zero-order valence-electron chi connectivity index (χ0n) is 9.78. The smallest absolute Gasteiger partial charge is 0.134 e. The maximum Gasteiger partial charge on any atom is 0.134 e. The average Bonchev–Trinajstić information content (AvgIpc) is 2.31. The Labute approximate surface area is 110 Å². The van der Waals surface area contributed by atoms with Crippen molar-refractivity contribution in [2.45, 2.75) is 19.4 Å². The van der Waals surface area contributed by atoms with Crippen molar-refractivity contribution in [2.75, 3.05) is 11.9 Å². The maximum absolute atomic E-state index is 5.55. The number of nitrogens with two attached hydrogens (primary N) is 1. The lowest BCUT2D eigenvalue weighted by molar-refractivity contribution is 0.714. The molecule has 0 fully saturated rings. The molecule has 0 amide bonds. The Balaban J connectivity index is 2.37. The number of benzene rings is 1. The zero-order valence-corrected chi connectivity index (χ0v) is 11.4. The van der Waals surface area contributed by atoms with Crippen molar-refractivity contribution in [1.29, 1.82) is 0 Å². The van der Waals surface area contributed by atoms with Gasteiger partial charge in [-0.2, -0.15) is 0 Å². The van der Waals surface area contributed by atoms with E-state index in [9.17, 15) is 0 Å². The first-order chi connectivity index (χ1) is 8.22. The van der Waals surface area contributed by atoms with Gasteiger partial charge < -0.3 is 11.1 Å². The lowest BCUT2D eigenvalue weighted by Crippen LogP contribution is -2.20. The van der Waals surface area contributed by atoms with E-state index in [0.29, 0.717) is 12.6 Å². The van der Waals surface area contributed by atoms with Crippen LogP contribution in [-0.2, 0) is 0 Å². The van der Waals surface area contributed by atoms with Crippen LogP contribution in [0.25, 0.3) is 10.8 Å². The second kappa shape index (κ2) is 5.47. The van der Waals surface area contributed by atoms with E-state index in [-0.39, 0.29) is 0 Å². The number of fused-ring (bicyclic) bond motifs is 1. The van der Waals surface area contributed by atoms with Crippen LogP contribution in [0.5, 0.6) is 0 Å². The standard InChI is InChI=1S/C13H16BrN3/c1-9(5-7-15)17-13-11-3-2-4-12(14)10(11)6-8-16-13/h2-4,6,8-9H,5,7,15H2,1H3,(H,16,17). The van der Waals surface area contributed by atoms with Crippen LogP contribution in [0.4, 0.5) is 5.82 Å². The van der Waals surface area contributed by atoms with Gasteiger partial charge in [-0.05, 0) is 32.0 Å². The largest absolute Gasteiger partial charge is 0.367 e. The van der Waals surface area contributed by atoms with E-state index in [0.717, 1.165) is 22.1 Å². The molecule has 1 atom stereocenters. The second-order valence-electron chi connectivity index (χ2n) is 4.12. The van der Waals surface area contributed by atoms with Crippen molar-refractivity contribution in [3.05, 3.63) is 34.9 Å². The molecule has 3 N–H and O–H groups in total. The van der Waals surface area contributed by atoms with Gasteiger partial charge >= 0.3 is 0 Å². The number of hydrogen-bond donors (Lipinski definition) is 2. The molecule has 0 saturated carbocycles. The highest BCUT2D eigenvalue weighted by Crippen LogP contribution is 2.27. The highest BCUT2D eigenvalue weighted by molar-refractivity contribution is 9.10. The topological polar surface area (TPSA) is 50.9 Å². The van der Waals surface area contributed by atoms with Crippen LogP contribution in [0.2, 0.25) is 0 Å². The number of aromatic nitrogens is 1. The van der Waals surface area contributed by atoms with Crippen molar-refractivity contribution in [2.24, 2.45) is 5.73 Å². The van der Waals surface area contributed by atoms with Gasteiger partial charge in [0.05, 0.1) is 0 Å². The number of hydrogen-bond acceptors (Lipinski definition) is 3. The van der Waals surface area contributed by atoms with Gasteiger partial charge in [-0.3, -0.25) is 0 Å². The second-order valence-corrected chi connectivity index (χ2v) is 4.97. The first-order valence-electron chi connectivity index (χ1n) is 5.72. The summed E-state index contributed by atoms with van der Waals surface area (Å²) in [5, 5.41) is 5.70. The van der Waals surface area contributed by atoms with Crippen LogP contribution in [0, 0.1) is 0 Å². The molecule has 1 unspecified atom stereocenters. The average molecular weight is 294 g/mol. The van der Waals surface area contributed by atoms with Gasteiger partial charge in [0.1, 0.15) is 5.82 Å². The van der Waals surface area contributed by atoms with Crippen molar-refractivity contribution < 1.29 is 0 Å². The van der Waals surface area contributed by atoms with Gasteiger partial charge in [0, 0.05) is 27.5 Å². The molecule has 0 aliphatic rings. The van der Waals surface area contributed by atoms with E-state index in [2.05, 4.69) is 39.2 Å². The summed E-state index contributed by atoms with van der Waals surface area (Å²) in [5.74, 6) is 0.921. The molecule has 0 bridgehead atoms. The first-order valence-corrected chi connectivity index (χ1v) is 6.51. The fourth-order valence-electron chi connectivity index (χ4n) is 1.84. The molecule has 2 rings (SSSR count). The molecule has 0 saturated heterocycles. The van der Waals surface area contributed by atoms with Crippen molar-refractivity contribution >= 4 is 32.5 Å². The van der Waals surface area contributed by atoms with Crippen LogP contribution >= 0.6 is 15.9 Å². The zero-order chi connectivity index (χ0) is 12.3. The fourth-order valence-corrected chi connectivity index (χ4v) is 2.34. The normalized spacial score (nSPS) is 12.6. The maximum atomic E-state index is 5.55. The molecule has 0 radical (unpaired) electrons. The predicted octanol–water partition coefficient (Wildman–Crippen LogP) is 3.15. The molecule has 1 heterocycles. The van der Waals surface area contributed by atoms with Crippen LogP contribution in [0.1, 0.15) is 13.3 Å². The summed E-state index contributed by atoms with van der Waals surface area (Å²) in [6, 6.07) is 8.47. The Morgan fingerprint density at radius 3 is 2.94 bits per heavy atom. The molecule has 3 nitrogen and oxygen atoms in total. The Morgan fingerprint density at radius 1 is 1.35 bits per heavy atom. The van der Waals surface area contributed by atoms with E-state index in [4.69, 9.17) is 5.73 Å². The Kier molecular flexibility index (Phi) is 3.97. The fraction of sp³-hybridized carbons (Fsp3) is 0.308. The van der Waals surface area contributed by atoms with Crippen molar-refractivity contribution in [1.82, 2.24) is 4.98 Å². The van der Waals surface area contributed by atoms with E-state index in [1.807, 2.05) is 24.4 Å². The summed E-state index contributed by atoms with van der Waals surface area (Å²) in [6.45, 7) is 2.80. The van der Waals surface area contributed by atoms with Gasteiger partial charge in [0.25, 0.3) is 0 Å². The van der Waals surface area contributed by atoms with Gasteiger partial charge in [0.15, 0.2) is 0 Å². The Bertz CT molecular complexity index is 513. The van der Waals surface area contributed by atoms with Gasteiger partial charge in [-0.1, -0.05) is 28.1 Å². The molecule has 0 spiro atoms. The summed E-state index contributed by atoms with van der Waals surface area (Å²) in [7, 11) is 0. The van der Waals surface area contributed by atoms with Gasteiger partial charge in [-0.15, -0.1) is 0 Å². The Morgan fingerprint density at radius 2 is 2.18 bits per heavy atom. The predicted molar refractivity (Wildman–Crippen MR) is 76.2 cm³/mol. The van der Waals surface area contributed by atoms with E-state index in [1.54, 1.807) is 0 Å². The van der Waals surface area contributed by atoms with Crippen molar-refractivity contribution in [3.63, 3.8) is 0 Å². The molecule has 90 valence electrons. The van der Waals surface area contributed by atoms with Gasteiger partial charge in [0.2, 0.25) is 0 Å². The van der Waals surface area contributed by atoms with Crippen LogP contribution in [-0.4, -0.2) is 17.6 Å². The third-order valence-corrected chi connectivity index (χ3v) is 3.43. The van der Waals surface area contributed by atoms with E-state index in [1.165, 1.54) is 5.39 Å². The lowest BCUT2D eigenvalue weighted by atomic mass is 10.1. The van der Waals surface area contributed by atoms with Crippen LogP contribution < -0.4 is 11.1 Å². The number of pyridine rings is 1. The monoisotopic (exact) mass is 293 g/mol. The molecular weight excluding hydrogens is 278 g/mol. The third-order valence-electron chi connectivity index (χ3n) is 2.74. The molecular formula is C13H16BrN3. The minimum absolute atomic E-state index is 0.331. The minimum Gasteiger partial charge on any atom is -0.367 e. The van der Waals surface area contributed by atoms with Crippen molar-refractivity contribution in [3.8, 4) is 0 Å². The Hall–Kier alpha value is -1.13. The van der Waals surface area contributed by atoms with Crippen LogP contribution in [0.15, 0.2) is 34.9 Å². The number of nitrogens with zero attached hydrogens (tertiary/aromatic N) is 1. The summed E-state index contributed by atoms with van der Waals surface area (Å²) in [6.07, 6.45) is 2.76. The highest BCUT2D eigenvalue weighted by atomic mass is 79.9. The van der Waals surface area contributed by atoms with Gasteiger partial charge in [-0.25, -0.2) is 4.98 Å². The summed E-state index contributed by atoms with van der Waals surface area (Å²) in [5.41, 5.74) is 5.55.